The number of para-hydroxylation sites is 1. The van der Waals surface area contributed by atoms with Crippen molar-refractivity contribution in [3.05, 3.63) is 30.1 Å². The van der Waals surface area contributed by atoms with E-state index in [0.717, 1.165) is 0 Å². The van der Waals surface area contributed by atoms with E-state index < -0.39 is 17.2 Å². The third-order valence-corrected chi connectivity index (χ3v) is 3.13. The van der Waals surface area contributed by atoms with E-state index in [2.05, 4.69) is 0 Å². The van der Waals surface area contributed by atoms with Crippen LogP contribution in [0.2, 0.25) is 0 Å². The second-order valence-corrected chi connectivity index (χ2v) is 5.08. The van der Waals surface area contributed by atoms with Crippen LogP contribution in [0, 0.1) is 11.2 Å². The van der Waals surface area contributed by atoms with Gasteiger partial charge in [-0.3, -0.25) is 9.59 Å². The number of likely N-dealkylation sites (N-methyl/N-ethyl adjacent to an activating group) is 1. The Kier molecular flexibility index (Phi) is 5.25. The number of esters is 1. The first-order valence-electron chi connectivity index (χ1n) is 6.47. The van der Waals surface area contributed by atoms with Crippen molar-refractivity contribution in [2.24, 2.45) is 5.41 Å². The number of halogens is 1. The van der Waals surface area contributed by atoms with Crippen LogP contribution < -0.4 is 4.90 Å². The molecule has 0 aliphatic rings. The van der Waals surface area contributed by atoms with Crippen LogP contribution in [0.3, 0.4) is 0 Å². The quantitative estimate of drug-likeness (QED) is 0.593. The molecule has 1 aromatic carbocycles. The Morgan fingerprint density at radius 3 is 2.45 bits per heavy atom. The smallest absolute Gasteiger partial charge is 0.319 e. The van der Waals surface area contributed by atoms with Crippen molar-refractivity contribution in [3.63, 3.8) is 0 Å². The van der Waals surface area contributed by atoms with Crippen molar-refractivity contribution in [2.75, 3.05) is 25.1 Å². The molecule has 20 heavy (non-hydrogen) atoms. The van der Waals surface area contributed by atoms with E-state index in [-0.39, 0.29) is 18.9 Å². The number of anilines is 1. The second kappa shape index (κ2) is 6.50. The van der Waals surface area contributed by atoms with Gasteiger partial charge in [0.15, 0.2) is 5.78 Å². The molecule has 0 fully saturated rings. The van der Waals surface area contributed by atoms with Gasteiger partial charge in [-0.2, -0.15) is 0 Å². The fourth-order valence-corrected chi connectivity index (χ4v) is 1.68. The van der Waals surface area contributed by atoms with Crippen LogP contribution in [0.5, 0.6) is 0 Å². The number of rotatable bonds is 6. The van der Waals surface area contributed by atoms with Crippen molar-refractivity contribution in [1.29, 1.82) is 0 Å². The van der Waals surface area contributed by atoms with Gasteiger partial charge in [-0.25, -0.2) is 4.39 Å². The molecule has 5 heteroatoms. The summed E-state index contributed by atoms with van der Waals surface area (Å²) < 4.78 is 18.5. The number of ketones is 1. The normalized spacial score (nSPS) is 11.1. The number of hydrogen-bond donors (Lipinski definition) is 0. The Balaban J connectivity index is 2.80. The molecule has 0 saturated heterocycles. The van der Waals surface area contributed by atoms with Crippen LogP contribution in [0.25, 0.3) is 0 Å². The zero-order valence-electron chi connectivity index (χ0n) is 12.3. The van der Waals surface area contributed by atoms with Crippen LogP contribution in [0.1, 0.15) is 20.8 Å². The molecule has 0 aliphatic carbocycles. The van der Waals surface area contributed by atoms with Crippen molar-refractivity contribution >= 4 is 17.4 Å². The van der Waals surface area contributed by atoms with E-state index >= 15 is 0 Å². The Morgan fingerprint density at radius 1 is 1.30 bits per heavy atom. The molecule has 0 unspecified atom stereocenters. The summed E-state index contributed by atoms with van der Waals surface area (Å²) in [5, 5.41) is 0. The maximum absolute atomic E-state index is 13.6. The van der Waals surface area contributed by atoms with Crippen molar-refractivity contribution in [2.45, 2.75) is 20.8 Å². The topological polar surface area (TPSA) is 46.6 Å². The summed E-state index contributed by atoms with van der Waals surface area (Å²) in [5.41, 5.74) is -0.921. The van der Waals surface area contributed by atoms with E-state index in [1.54, 1.807) is 32.2 Å². The Morgan fingerprint density at radius 2 is 1.90 bits per heavy atom. The van der Waals surface area contributed by atoms with Gasteiger partial charge in [-0.1, -0.05) is 12.1 Å². The molecule has 0 heterocycles. The molecule has 0 aromatic heterocycles. The highest BCUT2D eigenvalue weighted by Crippen LogP contribution is 2.22. The molecule has 0 aliphatic heterocycles. The molecular weight excluding hydrogens is 261 g/mol. The van der Waals surface area contributed by atoms with Crippen LogP contribution in [0.15, 0.2) is 24.3 Å². The maximum atomic E-state index is 13.6. The third-order valence-electron chi connectivity index (χ3n) is 3.13. The maximum Gasteiger partial charge on any atom is 0.319 e. The minimum Gasteiger partial charge on any atom is -0.465 e. The number of carbonyl (C=O) groups excluding carboxylic acids is 2. The predicted octanol–water partition coefficient (Wildman–Crippen LogP) is 2.42. The van der Waals surface area contributed by atoms with Gasteiger partial charge in [-0.15, -0.1) is 0 Å². The van der Waals surface area contributed by atoms with Gasteiger partial charge in [0.1, 0.15) is 11.2 Å². The van der Waals surface area contributed by atoms with Crippen molar-refractivity contribution in [1.82, 2.24) is 0 Å². The predicted molar refractivity (Wildman–Crippen MR) is 75.1 cm³/mol. The van der Waals surface area contributed by atoms with Gasteiger partial charge in [-0.05, 0) is 32.9 Å². The molecule has 0 amide bonds. The summed E-state index contributed by atoms with van der Waals surface area (Å²) in [7, 11) is 1.61. The lowest BCUT2D eigenvalue weighted by atomic mass is 9.88. The first-order valence-corrected chi connectivity index (χ1v) is 6.47. The SMILES string of the molecule is CCOC(=O)C(C)(C)C(=O)CN(C)c1ccccc1F. The summed E-state index contributed by atoms with van der Waals surface area (Å²) in [6.45, 7) is 4.88. The molecule has 1 aromatic rings. The molecule has 0 saturated carbocycles. The number of nitrogens with zero attached hydrogens (tertiary/aromatic N) is 1. The van der Waals surface area contributed by atoms with Gasteiger partial charge < -0.3 is 9.64 Å². The molecule has 4 nitrogen and oxygen atoms in total. The van der Waals surface area contributed by atoms with Crippen LogP contribution >= 0.6 is 0 Å². The van der Waals surface area contributed by atoms with Crippen molar-refractivity contribution in [3.8, 4) is 0 Å². The average Bonchev–Trinajstić information content (AvgIpc) is 2.39. The molecule has 0 spiro atoms. The lowest BCUT2D eigenvalue weighted by Gasteiger charge is -2.25. The van der Waals surface area contributed by atoms with Gasteiger partial charge in [0.05, 0.1) is 18.8 Å². The Labute approximate surface area is 118 Å². The van der Waals surface area contributed by atoms with E-state index in [4.69, 9.17) is 4.74 Å². The monoisotopic (exact) mass is 281 g/mol. The summed E-state index contributed by atoms with van der Waals surface area (Å²) >= 11 is 0. The summed E-state index contributed by atoms with van der Waals surface area (Å²) in [6.07, 6.45) is 0. The molecule has 0 atom stereocenters. The fourth-order valence-electron chi connectivity index (χ4n) is 1.68. The highest BCUT2D eigenvalue weighted by molar-refractivity contribution is 6.04. The average molecular weight is 281 g/mol. The first kappa shape index (κ1) is 16.1. The van der Waals surface area contributed by atoms with E-state index in [0.29, 0.717) is 5.69 Å². The molecule has 1 rings (SSSR count). The standard InChI is InChI=1S/C15H20FNO3/c1-5-20-14(19)15(2,3)13(18)10-17(4)12-9-7-6-8-11(12)16/h6-9H,5,10H2,1-4H3. The lowest BCUT2D eigenvalue weighted by molar-refractivity contribution is -0.157. The number of Topliss-reactive ketones (excluding diaryl/α,β-unsaturated/α-hetero) is 1. The summed E-state index contributed by atoms with van der Waals surface area (Å²) in [4.78, 5) is 25.5. The highest BCUT2D eigenvalue weighted by Gasteiger charge is 2.37. The molecule has 110 valence electrons. The van der Waals surface area contributed by atoms with Gasteiger partial charge in [0.25, 0.3) is 0 Å². The first-order chi connectivity index (χ1) is 9.30. The zero-order valence-corrected chi connectivity index (χ0v) is 12.3. The minimum absolute atomic E-state index is 0.0628. The molecule has 0 N–H and O–H groups in total. The van der Waals surface area contributed by atoms with Crippen LogP contribution in [-0.2, 0) is 14.3 Å². The number of benzene rings is 1. The van der Waals surface area contributed by atoms with E-state index in [1.165, 1.54) is 24.8 Å². The fraction of sp³-hybridized carbons (Fsp3) is 0.467. The van der Waals surface area contributed by atoms with Gasteiger partial charge >= 0.3 is 5.97 Å². The van der Waals surface area contributed by atoms with Crippen molar-refractivity contribution < 1.29 is 18.7 Å². The highest BCUT2D eigenvalue weighted by atomic mass is 19.1. The molecule has 0 radical (unpaired) electrons. The number of ether oxygens (including phenoxy) is 1. The van der Waals surface area contributed by atoms with Gasteiger partial charge in [0.2, 0.25) is 0 Å². The third kappa shape index (κ3) is 3.56. The second-order valence-electron chi connectivity index (χ2n) is 5.08. The molecular formula is C15H20FNO3. The largest absolute Gasteiger partial charge is 0.465 e. The van der Waals surface area contributed by atoms with E-state index in [1.807, 2.05) is 0 Å². The summed E-state index contributed by atoms with van der Waals surface area (Å²) in [6, 6.07) is 6.18. The Bertz CT molecular complexity index is 500. The zero-order chi connectivity index (χ0) is 15.3. The van der Waals surface area contributed by atoms with E-state index in [9.17, 15) is 14.0 Å². The number of carbonyl (C=O) groups is 2. The van der Waals surface area contributed by atoms with Crippen LogP contribution in [0.4, 0.5) is 10.1 Å². The summed E-state index contributed by atoms with van der Waals surface area (Å²) in [5.74, 6) is -1.29. The minimum atomic E-state index is -1.24. The van der Waals surface area contributed by atoms with Gasteiger partial charge in [0, 0.05) is 7.05 Å². The van der Waals surface area contributed by atoms with Crippen LogP contribution in [-0.4, -0.2) is 32.0 Å². The lowest BCUT2D eigenvalue weighted by Crippen LogP contribution is -2.41. The number of hydrogen-bond acceptors (Lipinski definition) is 4. The Hall–Kier alpha value is -1.91. The molecule has 0 bridgehead atoms.